The number of nitrogens with one attached hydrogen (secondary N) is 3. The normalized spacial score (nSPS) is 12.6. The number of carbonyl (C=O) groups excluding carboxylic acids is 1. The van der Waals surface area contributed by atoms with Gasteiger partial charge in [0.2, 0.25) is 5.91 Å². The monoisotopic (exact) mass is 481 g/mol. The topological polar surface area (TPSA) is 87.3 Å². The molecule has 1 unspecified atom stereocenters. The molecule has 0 aliphatic heterocycles. The highest BCUT2D eigenvalue weighted by Gasteiger charge is 2.30. The van der Waals surface area contributed by atoms with Crippen LogP contribution in [0.2, 0.25) is 0 Å². The zero-order valence-electron chi connectivity index (χ0n) is 17.2. The van der Waals surface area contributed by atoms with Crippen LogP contribution >= 0.6 is 0 Å². The molecule has 0 aliphatic carbocycles. The highest BCUT2D eigenvalue weighted by molar-refractivity contribution is 7.92. The fourth-order valence-electron chi connectivity index (χ4n) is 2.77. The maximum atomic E-state index is 13.0. The zero-order chi connectivity index (χ0) is 24.2. The van der Waals surface area contributed by atoms with E-state index < -0.39 is 39.5 Å². The maximum Gasteiger partial charge on any atom is 0.416 e. The van der Waals surface area contributed by atoms with E-state index in [0.717, 1.165) is 48.5 Å². The van der Waals surface area contributed by atoms with Crippen molar-refractivity contribution in [1.82, 2.24) is 0 Å². The van der Waals surface area contributed by atoms with E-state index in [1.54, 1.807) is 19.1 Å². The molecule has 0 aromatic heterocycles. The smallest absolute Gasteiger partial charge is 0.374 e. The van der Waals surface area contributed by atoms with Crippen LogP contribution in [-0.4, -0.2) is 20.4 Å². The van der Waals surface area contributed by atoms with E-state index in [-0.39, 0.29) is 16.3 Å². The van der Waals surface area contributed by atoms with Crippen LogP contribution in [0.25, 0.3) is 0 Å². The number of carbonyl (C=O) groups is 1. The second-order valence-electron chi connectivity index (χ2n) is 7.07. The third-order valence-electron chi connectivity index (χ3n) is 4.52. The number of sulfonamides is 1. The molecular weight excluding hydrogens is 462 g/mol. The van der Waals surface area contributed by atoms with E-state index in [1.165, 1.54) is 12.1 Å². The van der Waals surface area contributed by atoms with E-state index in [2.05, 4.69) is 15.4 Å². The van der Waals surface area contributed by atoms with Crippen molar-refractivity contribution in [2.45, 2.75) is 24.0 Å². The Bertz CT molecular complexity index is 1210. The molecule has 1 amide bonds. The number of rotatable bonds is 7. The first-order valence-electron chi connectivity index (χ1n) is 9.57. The Labute approximate surface area is 187 Å². The Kier molecular flexibility index (Phi) is 6.92. The van der Waals surface area contributed by atoms with Crippen LogP contribution in [0.3, 0.4) is 0 Å². The lowest BCUT2D eigenvalue weighted by molar-refractivity contribution is -0.137. The molecule has 0 saturated carbocycles. The highest BCUT2D eigenvalue weighted by atomic mass is 32.2. The van der Waals surface area contributed by atoms with Gasteiger partial charge >= 0.3 is 6.18 Å². The molecule has 0 saturated heterocycles. The lowest BCUT2D eigenvalue weighted by Gasteiger charge is -2.16. The van der Waals surface area contributed by atoms with Crippen molar-refractivity contribution in [3.05, 3.63) is 84.2 Å². The zero-order valence-corrected chi connectivity index (χ0v) is 18.0. The van der Waals surface area contributed by atoms with Crippen LogP contribution in [0, 0.1) is 5.82 Å². The predicted octanol–water partition coefficient (Wildman–Crippen LogP) is 5.08. The minimum absolute atomic E-state index is 0.0975. The molecule has 3 aromatic rings. The standard InChI is InChI=1S/C22H19F4N3O3S/c1-14(21(30)28-18-6-2-15(3-7-18)22(24,25)26)27-17-8-10-19(11-9-17)29-33(31,32)20-12-4-16(23)5-13-20/h2-14,27,29H,1H3,(H,28,30). The molecule has 0 bridgehead atoms. The predicted molar refractivity (Wildman–Crippen MR) is 117 cm³/mol. The summed E-state index contributed by atoms with van der Waals surface area (Å²) in [6.07, 6.45) is -4.46. The van der Waals surface area contributed by atoms with Crippen LogP contribution in [0.15, 0.2) is 77.7 Å². The number of hydrogen-bond acceptors (Lipinski definition) is 4. The summed E-state index contributed by atoms with van der Waals surface area (Å²) in [5.41, 5.74) is 0.163. The van der Waals surface area contributed by atoms with Crippen molar-refractivity contribution < 1.29 is 30.8 Å². The fourth-order valence-corrected chi connectivity index (χ4v) is 3.83. The van der Waals surface area contributed by atoms with E-state index in [9.17, 15) is 30.8 Å². The van der Waals surface area contributed by atoms with Gasteiger partial charge in [-0.3, -0.25) is 9.52 Å². The molecule has 0 radical (unpaired) electrons. The van der Waals surface area contributed by atoms with Gasteiger partial charge < -0.3 is 10.6 Å². The molecule has 0 spiro atoms. The molecular formula is C22H19F4N3O3S. The number of halogens is 4. The summed E-state index contributed by atoms with van der Waals surface area (Å²) in [5, 5.41) is 5.43. The summed E-state index contributed by atoms with van der Waals surface area (Å²) in [7, 11) is -3.90. The van der Waals surface area contributed by atoms with Gasteiger partial charge in [-0.15, -0.1) is 0 Å². The SMILES string of the molecule is CC(Nc1ccc(NS(=O)(=O)c2ccc(F)cc2)cc1)C(=O)Nc1ccc(C(F)(F)F)cc1. The summed E-state index contributed by atoms with van der Waals surface area (Å²) in [6, 6.07) is 13.7. The van der Waals surface area contributed by atoms with Crippen LogP contribution in [0.5, 0.6) is 0 Å². The van der Waals surface area contributed by atoms with Crippen molar-refractivity contribution in [2.24, 2.45) is 0 Å². The largest absolute Gasteiger partial charge is 0.416 e. The van der Waals surface area contributed by atoms with Crippen molar-refractivity contribution in [1.29, 1.82) is 0 Å². The maximum absolute atomic E-state index is 13.0. The number of alkyl halides is 3. The third kappa shape index (κ3) is 6.45. The van der Waals surface area contributed by atoms with Crippen LogP contribution < -0.4 is 15.4 Å². The lowest BCUT2D eigenvalue weighted by atomic mass is 10.2. The Hall–Kier alpha value is -3.60. The molecule has 0 fully saturated rings. The summed E-state index contributed by atoms with van der Waals surface area (Å²) in [6.45, 7) is 1.56. The third-order valence-corrected chi connectivity index (χ3v) is 5.91. The summed E-state index contributed by atoms with van der Waals surface area (Å²) >= 11 is 0. The second kappa shape index (κ2) is 9.49. The molecule has 3 aromatic carbocycles. The molecule has 3 N–H and O–H groups in total. The van der Waals surface area contributed by atoms with E-state index in [0.29, 0.717) is 5.69 Å². The highest BCUT2D eigenvalue weighted by Crippen LogP contribution is 2.29. The van der Waals surface area contributed by atoms with Crippen LogP contribution in [-0.2, 0) is 21.0 Å². The average Bonchev–Trinajstić information content (AvgIpc) is 2.75. The van der Waals surface area contributed by atoms with Crippen LogP contribution in [0.4, 0.5) is 34.6 Å². The van der Waals surface area contributed by atoms with Gasteiger partial charge in [-0.2, -0.15) is 13.2 Å². The first kappa shape index (κ1) is 24.1. The molecule has 3 rings (SSSR count). The van der Waals surface area contributed by atoms with Gasteiger partial charge in [0, 0.05) is 17.1 Å². The Morgan fingerprint density at radius 1 is 0.818 bits per heavy atom. The van der Waals surface area contributed by atoms with Gasteiger partial charge in [-0.05, 0) is 79.7 Å². The molecule has 11 heteroatoms. The van der Waals surface area contributed by atoms with Crippen molar-refractivity contribution in [3.63, 3.8) is 0 Å². The van der Waals surface area contributed by atoms with Crippen LogP contribution in [0.1, 0.15) is 12.5 Å². The second-order valence-corrected chi connectivity index (χ2v) is 8.75. The molecule has 0 heterocycles. The Morgan fingerprint density at radius 2 is 1.33 bits per heavy atom. The number of anilines is 3. The molecule has 1 atom stereocenters. The number of benzene rings is 3. The Morgan fingerprint density at radius 3 is 1.88 bits per heavy atom. The van der Waals surface area contributed by atoms with E-state index in [1.807, 2.05) is 0 Å². The van der Waals surface area contributed by atoms with Gasteiger partial charge in [-0.25, -0.2) is 12.8 Å². The van der Waals surface area contributed by atoms with E-state index >= 15 is 0 Å². The van der Waals surface area contributed by atoms with Crippen molar-refractivity contribution in [2.75, 3.05) is 15.4 Å². The number of amides is 1. The number of hydrogen-bond donors (Lipinski definition) is 3. The Balaban J connectivity index is 1.58. The van der Waals surface area contributed by atoms with E-state index in [4.69, 9.17) is 0 Å². The molecule has 6 nitrogen and oxygen atoms in total. The van der Waals surface area contributed by atoms with Gasteiger partial charge in [-0.1, -0.05) is 0 Å². The molecule has 174 valence electrons. The van der Waals surface area contributed by atoms with Gasteiger partial charge in [0.1, 0.15) is 11.9 Å². The van der Waals surface area contributed by atoms with Gasteiger partial charge in [0.05, 0.1) is 10.5 Å². The molecule has 0 aliphatic rings. The summed E-state index contributed by atoms with van der Waals surface area (Å²) in [5.74, 6) is -1.03. The van der Waals surface area contributed by atoms with Gasteiger partial charge in [0.25, 0.3) is 10.0 Å². The first-order chi connectivity index (χ1) is 15.4. The van der Waals surface area contributed by atoms with Gasteiger partial charge in [0.15, 0.2) is 0 Å². The fraction of sp³-hybridized carbons (Fsp3) is 0.136. The minimum atomic E-state index is -4.46. The summed E-state index contributed by atoms with van der Waals surface area (Å²) in [4.78, 5) is 12.2. The average molecular weight is 481 g/mol. The lowest BCUT2D eigenvalue weighted by Crippen LogP contribution is -2.31. The minimum Gasteiger partial charge on any atom is -0.374 e. The first-order valence-corrected chi connectivity index (χ1v) is 11.1. The van der Waals surface area contributed by atoms with Crippen molar-refractivity contribution >= 4 is 33.0 Å². The van der Waals surface area contributed by atoms with Crippen molar-refractivity contribution in [3.8, 4) is 0 Å². The summed E-state index contributed by atoms with van der Waals surface area (Å²) < 4.78 is 77.9. The molecule has 33 heavy (non-hydrogen) atoms. The quantitative estimate of drug-likeness (QED) is 0.411.